The van der Waals surface area contributed by atoms with Crippen molar-refractivity contribution >= 4 is 33.7 Å². The number of benzene rings is 5. The minimum Gasteiger partial charge on any atom is -0.507 e. The van der Waals surface area contributed by atoms with E-state index < -0.39 is 17.6 Å². The Bertz CT molecular complexity index is 1800. The Morgan fingerprint density at radius 3 is 2.27 bits per heavy atom. The Morgan fingerprint density at radius 2 is 1.52 bits per heavy atom. The van der Waals surface area contributed by atoms with E-state index >= 15 is 0 Å². The SMILES string of the molecule is CC(C)(C)C(=O)Oc1ccc2ccccc2c1-c1c(O)c(C=N[C@H]2c3ccccc3C[C@H]2O)cc2ccccc12. The van der Waals surface area contributed by atoms with Crippen LogP contribution in [0.3, 0.4) is 0 Å². The van der Waals surface area contributed by atoms with Crippen LogP contribution in [0.2, 0.25) is 0 Å². The van der Waals surface area contributed by atoms with Gasteiger partial charge in [0.25, 0.3) is 0 Å². The van der Waals surface area contributed by atoms with Gasteiger partial charge in [-0.15, -0.1) is 0 Å². The molecule has 0 amide bonds. The van der Waals surface area contributed by atoms with Crippen molar-refractivity contribution < 1.29 is 19.7 Å². The van der Waals surface area contributed by atoms with Crippen molar-refractivity contribution in [2.24, 2.45) is 10.4 Å². The number of phenolic OH excluding ortho intramolecular Hbond substituents is 1. The standard InChI is InChI=1S/C35H31NO4/c1-35(2,3)34(39)40-29-17-16-21-10-4-7-13-25(21)30(29)31-26-14-8-5-11-22(26)18-24(33(31)38)20-36-32-27-15-9-6-12-23(27)19-28(32)37/h4-18,20,28,32,37-38H,19H2,1-3H3/t28-,32+/m1/s1. The number of nitrogens with zero attached hydrogens (tertiary/aromatic N) is 1. The van der Waals surface area contributed by atoms with E-state index in [0.717, 1.165) is 32.7 Å². The van der Waals surface area contributed by atoms with Crippen molar-refractivity contribution in [1.29, 1.82) is 0 Å². The topological polar surface area (TPSA) is 79.1 Å². The predicted molar refractivity (Wildman–Crippen MR) is 160 cm³/mol. The van der Waals surface area contributed by atoms with Gasteiger partial charge >= 0.3 is 5.97 Å². The summed E-state index contributed by atoms with van der Waals surface area (Å²) < 4.78 is 5.99. The summed E-state index contributed by atoms with van der Waals surface area (Å²) >= 11 is 0. The summed E-state index contributed by atoms with van der Waals surface area (Å²) in [5.41, 5.74) is 3.11. The highest BCUT2D eigenvalue weighted by Gasteiger charge is 2.30. The maximum Gasteiger partial charge on any atom is 0.316 e. The third kappa shape index (κ3) is 4.52. The number of phenols is 1. The first-order chi connectivity index (χ1) is 19.2. The van der Waals surface area contributed by atoms with E-state index in [1.807, 2.05) is 106 Å². The van der Waals surface area contributed by atoms with Crippen LogP contribution in [0.4, 0.5) is 0 Å². The molecule has 2 atom stereocenters. The summed E-state index contributed by atoms with van der Waals surface area (Å²) in [5.74, 6) is 0.0559. The van der Waals surface area contributed by atoms with Gasteiger partial charge in [-0.3, -0.25) is 9.79 Å². The predicted octanol–water partition coefficient (Wildman–Crippen LogP) is 7.39. The fourth-order valence-electron chi connectivity index (χ4n) is 5.45. The number of ether oxygens (including phenoxy) is 1. The van der Waals surface area contributed by atoms with Crippen molar-refractivity contribution in [3.63, 3.8) is 0 Å². The van der Waals surface area contributed by atoms with Gasteiger partial charge in [-0.05, 0) is 65.6 Å². The summed E-state index contributed by atoms with van der Waals surface area (Å²) in [6.07, 6.45) is 1.57. The van der Waals surface area contributed by atoms with Gasteiger partial charge < -0.3 is 14.9 Å². The normalized spacial score (nSPS) is 17.0. The molecular formula is C35H31NO4. The molecule has 0 saturated carbocycles. The number of hydrogen-bond acceptors (Lipinski definition) is 5. The molecule has 0 heterocycles. The van der Waals surface area contributed by atoms with Crippen molar-refractivity contribution in [3.05, 3.63) is 108 Å². The number of aliphatic hydroxyl groups excluding tert-OH is 1. The molecule has 0 saturated heterocycles. The fourth-order valence-corrected chi connectivity index (χ4v) is 5.45. The number of carbonyl (C=O) groups excluding carboxylic acids is 1. The number of rotatable bonds is 4. The van der Waals surface area contributed by atoms with Gasteiger partial charge in [-0.1, -0.05) is 78.9 Å². The Hall–Kier alpha value is -4.48. The quantitative estimate of drug-likeness (QED) is 0.144. The molecule has 0 aromatic heterocycles. The van der Waals surface area contributed by atoms with Crippen LogP contribution in [0.15, 0.2) is 96.0 Å². The number of hydrogen-bond donors (Lipinski definition) is 2. The molecule has 200 valence electrons. The lowest BCUT2D eigenvalue weighted by Gasteiger charge is -2.21. The van der Waals surface area contributed by atoms with Crippen LogP contribution in [0, 0.1) is 5.41 Å². The minimum absolute atomic E-state index is 0.0348. The van der Waals surface area contributed by atoms with Gasteiger partial charge in [-0.2, -0.15) is 0 Å². The molecule has 5 aromatic carbocycles. The Labute approximate surface area is 233 Å². The van der Waals surface area contributed by atoms with Crippen molar-refractivity contribution in [1.82, 2.24) is 0 Å². The number of aromatic hydroxyl groups is 1. The Balaban J connectivity index is 1.57. The molecule has 0 radical (unpaired) electrons. The summed E-state index contributed by atoms with van der Waals surface area (Å²) in [5, 5.41) is 26.2. The monoisotopic (exact) mass is 529 g/mol. The van der Waals surface area contributed by atoms with E-state index in [-0.39, 0.29) is 11.7 Å². The molecule has 6 rings (SSSR count). The van der Waals surface area contributed by atoms with E-state index in [9.17, 15) is 15.0 Å². The first kappa shape index (κ1) is 25.8. The molecule has 2 N–H and O–H groups in total. The highest BCUT2D eigenvalue weighted by molar-refractivity contribution is 6.12. The molecule has 5 heteroatoms. The molecule has 5 aromatic rings. The van der Waals surface area contributed by atoms with Crippen molar-refractivity contribution in [3.8, 4) is 22.6 Å². The van der Waals surface area contributed by atoms with Gasteiger partial charge in [0.2, 0.25) is 0 Å². The Morgan fingerprint density at radius 1 is 0.875 bits per heavy atom. The molecule has 1 aliphatic carbocycles. The van der Waals surface area contributed by atoms with E-state index in [1.165, 1.54) is 0 Å². The second-order valence-electron chi connectivity index (χ2n) is 11.4. The molecule has 0 spiro atoms. The van der Waals surface area contributed by atoms with Gasteiger partial charge in [0, 0.05) is 29.3 Å². The van der Waals surface area contributed by atoms with E-state index in [4.69, 9.17) is 9.73 Å². The average Bonchev–Trinajstić information content (AvgIpc) is 3.26. The van der Waals surface area contributed by atoms with Crippen LogP contribution in [0.1, 0.15) is 43.5 Å². The number of esters is 1. The molecule has 5 nitrogen and oxygen atoms in total. The lowest BCUT2D eigenvalue weighted by Crippen LogP contribution is -2.25. The first-order valence-corrected chi connectivity index (χ1v) is 13.5. The zero-order valence-electron chi connectivity index (χ0n) is 22.8. The second kappa shape index (κ2) is 9.92. The second-order valence-corrected chi connectivity index (χ2v) is 11.4. The van der Waals surface area contributed by atoms with Crippen LogP contribution in [0.25, 0.3) is 32.7 Å². The molecule has 0 fully saturated rings. The number of aliphatic imine (C=N–C) groups is 1. The van der Waals surface area contributed by atoms with Crippen LogP contribution in [0.5, 0.6) is 11.5 Å². The maximum atomic E-state index is 13.0. The molecule has 1 aliphatic rings. The fraction of sp³-hybridized carbons (Fsp3) is 0.200. The molecular weight excluding hydrogens is 498 g/mol. The Kier molecular flexibility index (Phi) is 6.40. The van der Waals surface area contributed by atoms with Gasteiger partial charge in [0.1, 0.15) is 17.5 Å². The highest BCUT2D eigenvalue weighted by atomic mass is 16.5. The molecule has 40 heavy (non-hydrogen) atoms. The number of aliphatic hydroxyl groups is 1. The summed E-state index contributed by atoms with van der Waals surface area (Å²) in [4.78, 5) is 17.8. The lowest BCUT2D eigenvalue weighted by atomic mass is 9.90. The number of fused-ring (bicyclic) bond motifs is 3. The molecule has 0 unspecified atom stereocenters. The molecule has 0 aliphatic heterocycles. The molecule has 0 bridgehead atoms. The maximum absolute atomic E-state index is 13.0. The van der Waals surface area contributed by atoms with Gasteiger partial charge in [0.15, 0.2) is 0 Å². The van der Waals surface area contributed by atoms with E-state index in [0.29, 0.717) is 28.9 Å². The van der Waals surface area contributed by atoms with Crippen LogP contribution in [-0.4, -0.2) is 28.5 Å². The van der Waals surface area contributed by atoms with Crippen LogP contribution >= 0.6 is 0 Å². The first-order valence-electron chi connectivity index (χ1n) is 13.5. The summed E-state index contributed by atoms with van der Waals surface area (Å²) in [7, 11) is 0. The van der Waals surface area contributed by atoms with Crippen LogP contribution < -0.4 is 4.74 Å². The lowest BCUT2D eigenvalue weighted by molar-refractivity contribution is -0.142. The van der Waals surface area contributed by atoms with E-state index in [2.05, 4.69) is 0 Å². The van der Waals surface area contributed by atoms with Gasteiger partial charge in [0.05, 0.1) is 11.5 Å². The van der Waals surface area contributed by atoms with Crippen molar-refractivity contribution in [2.75, 3.05) is 0 Å². The van der Waals surface area contributed by atoms with E-state index in [1.54, 1.807) is 12.3 Å². The largest absolute Gasteiger partial charge is 0.507 e. The third-order valence-electron chi connectivity index (χ3n) is 7.55. The zero-order valence-corrected chi connectivity index (χ0v) is 22.8. The summed E-state index contributed by atoms with van der Waals surface area (Å²) in [6.45, 7) is 5.45. The van der Waals surface area contributed by atoms with Crippen molar-refractivity contribution in [2.45, 2.75) is 39.3 Å². The minimum atomic E-state index is -0.708. The zero-order chi connectivity index (χ0) is 28.0. The highest BCUT2D eigenvalue weighted by Crippen LogP contribution is 2.47. The number of carbonyl (C=O) groups is 1. The van der Waals surface area contributed by atoms with Gasteiger partial charge in [-0.25, -0.2) is 0 Å². The average molecular weight is 530 g/mol. The summed E-state index contributed by atoms with van der Waals surface area (Å²) in [6, 6.07) is 28.8. The third-order valence-corrected chi connectivity index (χ3v) is 7.55. The smallest absolute Gasteiger partial charge is 0.316 e. The van der Waals surface area contributed by atoms with Crippen LogP contribution in [-0.2, 0) is 11.2 Å².